The van der Waals surface area contributed by atoms with Crippen LogP contribution in [0.3, 0.4) is 0 Å². The molecule has 2 aromatic carbocycles. The van der Waals surface area contributed by atoms with Gasteiger partial charge in [-0.2, -0.15) is 8.78 Å². The van der Waals surface area contributed by atoms with Crippen LogP contribution in [-0.4, -0.2) is 72.8 Å². The quantitative estimate of drug-likeness (QED) is 0.203. The normalized spacial score (nSPS) is 11.3. The SMILES string of the molecule is COc1ccc2c(-c3ccnc(Nc4cc([N+](=O)[O-])c(N(C)CCN(C)C)cc4OC)n3)cn(C(F)F)c2c1. The summed E-state index contributed by atoms with van der Waals surface area (Å²) in [4.78, 5) is 24.0. The molecule has 206 valence electrons. The highest BCUT2D eigenvalue weighted by Crippen LogP contribution is 2.39. The molecule has 0 fully saturated rings. The Kier molecular flexibility index (Phi) is 8.10. The summed E-state index contributed by atoms with van der Waals surface area (Å²) in [6.07, 6.45) is 2.80. The molecule has 2 aromatic heterocycles. The lowest BCUT2D eigenvalue weighted by Crippen LogP contribution is -2.28. The Labute approximate surface area is 223 Å². The van der Waals surface area contributed by atoms with Gasteiger partial charge in [-0.1, -0.05) is 0 Å². The minimum Gasteiger partial charge on any atom is -0.497 e. The van der Waals surface area contributed by atoms with Crippen molar-refractivity contribution in [2.45, 2.75) is 6.55 Å². The predicted octanol–water partition coefficient (Wildman–Crippen LogP) is 5.16. The van der Waals surface area contributed by atoms with Crippen molar-refractivity contribution in [2.75, 3.05) is 58.7 Å². The molecule has 0 saturated carbocycles. The minimum atomic E-state index is -2.77. The van der Waals surface area contributed by atoms with Gasteiger partial charge >= 0.3 is 6.55 Å². The number of rotatable bonds is 11. The number of fused-ring (bicyclic) bond motifs is 1. The molecule has 0 radical (unpaired) electrons. The van der Waals surface area contributed by atoms with Gasteiger partial charge in [-0.3, -0.25) is 14.7 Å². The Hall–Kier alpha value is -4.52. The zero-order chi connectivity index (χ0) is 28.3. The van der Waals surface area contributed by atoms with Gasteiger partial charge in [0.05, 0.1) is 36.0 Å². The number of ether oxygens (including phenoxy) is 2. The van der Waals surface area contributed by atoms with E-state index in [4.69, 9.17) is 9.47 Å². The Morgan fingerprint density at radius 1 is 1.10 bits per heavy atom. The average Bonchev–Trinajstić information content (AvgIpc) is 3.30. The number of hydrogen-bond acceptors (Lipinski definition) is 9. The molecule has 0 unspecified atom stereocenters. The molecule has 0 bridgehead atoms. The van der Waals surface area contributed by atoms with Crippen LogP contribution in [0.4, 0.5) is 31.8 Å². The lowest BCUT2D eigenvalue weighted by molar-refractivity contribution is -0.384. The highest BCUT2D eigenvalue weighted by molar-refractivity contribution is 5.96. The summed E-state index contributed by atoms with van der Waals surface area (Å²) in [7, 11) is 8.54. The second kappa shape index (κ2) is 11.5. The number of alkyl halides is 2. The second-order valence-corrected chi connectivity index (χ2v) is 9.02. The zero-order valence-electron chi connectivity index (χ0n) is 22.2. The second-order valence-electron chi connectivity index (χ2n) is 9.02. The smallest absolute Gasteiger partial charge is 0.319 e. The molecule has 4 rings (SSSR count). The fourth-order valence-electron chi connectivity index (χ4n) is 4.16. The van der Waals surface area contributed by atoms with Crippen LogP contribution in [0, 0.1) is 10.1 Å². The van der Waals surface area contributed by atoms with Crippen LogP contribution >= 0.6 is 0 Å². The molecular formula is C26H29F2N7O4. The van der Waals surface area contributed by atoms with Crippen molar-refractivity contribution >= 4 is 33.9 Å². The van der Waals surface area contributed by atoms with Crippen LogP contribution in [0.2, 0.25) is 0 Å². The standard InChI is InChI=1S/C26H29F2N7O4/c1-32(2)10-11-33(3)22-14-24(39-5)20(13-23(22)35(36)37)31-26-29-9-8-19(30-26)18-15-34(25(27)28)21-12-16(38-4)6-7-17(18)21/h6-9,12-15,25H,10-11H2,1-5H3,(H,29,30,31). The monoisotopic (exact) mass is 541 g/mol. The van der Waals surface area contributed by atoms with Gasteiger partial charge in [0.1, 0.15) is 17.2 Å². The number of nitro groups is 1. The lowest BCUT2D eigenvalue weighted by atomic mass is 10.1. The van der Waals surface area contributed by atoms with E-state index in [1.807, 2.05) is 19.0 Å². The van der Waals surface area contributed by atoms with Crippen LogP contribution in [0.15, 0.2) is 48.8 Å². The van der Waals surface area contributed by atoms with Crippen LogP contribution in [-0.2, 0) is 0 Å². The molecule has 0 aliphatic rings. The maximum absolute atomic E-state index is 13.8. The Bertz CT molecular complexity index is 1490. The third-order valence-electron chi connectivity index (χ3n) is 6.22. The summed E-state index contributed by atoms with van der Waals surface area (Å²) in [6.45, 7) is -1.51. The largest absolute Gasteiger partial charge is 0.497 e. The Morgan fingerprint density at radius 2 is 1.87 bits per heavy atom. The molecule has 11 nitrogen and oxygen atoms in total. The van der Waals surface area contributed by atoms with E-state index in [2.05, 4.69) is 15.3 Å². The van der Waals surface area contributed by atoms with Crippen LogP contribution < -0.4 is 19.7 Å². The van der Waals surface area contributed by atoms with E-state index in [0.717, 1.165) is 4.57 Å². The van der Waals surface area contributed by atoms with E-state index in [-0.39, 0.29) is 17.3 Å². The number of aromatic nitrogens is 3. The fraction of sp³-hybridized carbons (Fsp3) is 0.308. The summed E-state index contributed by atoms with van der Waals surface area (Å²) in [5, 5.41) is 15.5. The number of likely N-dealkylation sites (N-methyl/N-ethyl adjacent to an activating group) is 2. The number of halogens is 2. The van der Waals surface area contributed by atoms with Crippen LogP contribution in [0.25, 0.3) is 22.2 Å². The van der Waals surface area contributed by atoms with Crippen molar-refractivity contribution in [3.8, 4) is 22.8 Å². The van der Waals surface area contributed by atoms with Gasteiger partial charge in [0.25, 0.3) is 5.69 Å². The van der Waals surface area contributed by atoms with Crippen molar-refractivity contribution < 1.29 is 23.2 Å². The van der Waals surface area contributed by atoms with Crippen LogP contribution in [0.5, 0.6) is 11.5 Å². The number of nitro benzene ring substituents is 1. The Balaban J connectivity index is 1.72. The molecule has 39 heavy (non-hydrogen) atoms. The average molecular weight is 542 g/mol. The van der Waals surface area contributed by atoms with Crippen molar-refractivity contribution in [1.29, 1.82) is 0 Å². The van der Waals surface area contributed by atoms with Crippen molar-refractivity contribution in [2.24, 2.45) is 0 Å². The molecule has 2 heterocycles. The topological polar surface area (TPSA) is 111 Å². The van der Waals surface area contributed by atoms with E-state index >= 15 is 0 Å². The molecule has 0 aliphatic heterocycles. The van der Waals surface area contributed by atoms with E-state index < -0.39 is 11.5 Å². The molecule has 4 aromatic rings. The van der Waals surface area contributed by atoms with Gasteiger partial charge in [0.2, 0.25) is 5.95 Å². The van der Waals surface area contributed by atoms with Crippen LogP contribution in [0.1, 0.15) is 6.55 Å². The van der Waals surface area contributed by atoms with Gasteiger partial charge < -0.3 is 24.6 Å². The number of anilines is 3. The van der Waals surface area contributed by atoms with E-state index in [1.165, 1.54) is 38.7 Å². The summed E-state index contributed by atoms with van der Waals surface area (Å²) in [6, 6.07) is 9.46. The lowest BCUT2D eigenvalue weighted by Gasteiger charge is -2.22. The van der Waals surface area contributed by atoms with Crippen molar-refractivity contribution in [3.63, 3.8) is 0 Å². The number of benzene rings is 2. The highest BCUT2D eigenvalue weighted by atomic mass is 19.3. The molecule has 0 spiro atoms. The maximum atomic E-state index is 13.8. The molecule has 1 N–H and O–H groups in total. The van der Waals surface area contributed by atoms with E-state index in [9.17, 15) is 18.9 Å². The van der Waals surface area contributed by atoms with Gasteiger partial charge in [0.15, 0.2) is 0 Å². The number of methoxy groups -OCH3 is 2. The third-order valence-corrected chi connectivity index (χ3v) is 6.22. The highest BCUT2D eigenvalue weighted by Gasteiger charge is 2.23. The molecule has 0 amide bonds. The molecular weight excluding hydrogens is 512 g/mol. The molecule has 0 atom stereocenters. The molecule has 13 heteroatoms. The van der Waals surface area contributed by atoms with Gasteiger partial charge in [-0.15, -0.1) is 0 Å². The zero-order valence-corrected chi connectivity index (χ0v) is 22.2. The number of nitrogens with one attached hydrogen (secondary N) is 1. The molecule has 0 aliphatic carbocycles. The van der Waals surface area contributed by atoms with Gasteiger partial charge in [-0.05, 0) is 32.3 Å². The van der Waals surface area contributed by atoms with E-state index in [1.54, 1.807) is 36.2 Å². The number of nitrogens with zero attached hydrogens (tertiary/aromatic N) is 6. The summed E-state index contributed by atoms with van der Waals surface area (Å²) >= 11 is 0. The van der Waals surface area contributed by atoms with Gasteiger partial charge in [-0.25, -0.2) is 9.97 Å². The first kappa shape index (κ1) is 27.5. The first-order valence-corrected chi connectivity index (χ1v) is 11.9. The molecule has 0 saturated heterocycles. The fourth-order valence-corrected chi connectivity index (χ4v) is 4.16. The van der Waals surface area contributed by atoms with Crippen molar-refractivity contribution in [3.05, 3.63) is 58.9 Å². The maximum Gasteiger partial charge on any atom is 0.319 e. The van der Waals surface area contributed by atoms with E-state index in [0.29, 0.717) is 52.4 Å². The predicted molar refractivity (Wildman–Crippen MR) is 146 cm³/mol. The first-order chi connectivity index (χ1) is 18.6. The number of hydrogen-bond donors (Lipinski definition) is 1. The van der Waals surface area contributed by atoms with Gasteiger partial charge in [0, 0.05) is 61.7 Å². The summed E-state index contributed by atoms with van der Waals surface area (Å²) in [5.74, 6) is 0.909. The Morgan fingerprint density at radius 3 is 2.51 bits per heavy atom. The third kappa shape index (κ3) is 5.82. The van der Waals surface area contributed by atoms with Crippen molar-refractivity contribution in [1.82, 2.24) is 19.4 Å². The minimum absolute atomic E-state index is 0.111. The summed E-state index contributed by atoms with van der Waals surface area (Å²) < 4.78 is 39.1. The first-order valence-electron chi connectivity index (χ1n) is 11.9. The summed E-state index contributed by atoms with van der Waals surface area (Å²) in [5.41, 5.74) is 1.70.